The van der Waals surface area contributed by atoms with E-state index < -0.39 is 0 Å². The van der Waals surface area contributed by atoms with Crippen molar-refractivity contribution < 1.29 is 9.84 Å². The number of hydrogen-bond donors (Lipinski definition) is 3. The summed E-state index contributed by atoms with van der Waals surface area (Å²) in [6, 6.07) is 7.90. The molecule has 0 amide bonds. The fourth-order valence-electron chi connectivity index (χ4n) is 3.08. The van der Waals surface area contributed by atoms with E-state index in [9.17, 15) is 9.90 Å². The minimum Gasteiger partial charge on any atom is -0.494 e. The van der Waals surface area contributed by atoms with Gasteiger partial charge < -0.3 is 15.2 Å². The number of aromatic hydroxyl groups is 1. The van der Waals surface area contributed by atoms with E-state index in [2.05, 4.69) is 20.3 Å². The molecule has 0 aliphatic carbocycles. The number of rotatable bonds is 7. The molecule has 0 fully saturated rings. The van der Waals surface area contributed by atoms with Gasteiger partial charge in [0.05, 0.1) is 26.9 Å². The molecule has 3 heterocycles. The Kier molecular flexibility index (Phi) is 5.74. The summed E-state index contributed by atoms with van der Waals surface area (Å²) >= 11 is 2.59. The molecule has 0 saturated carbocycles. The number of fused-ring (bicyclic) bond motifs is 1. The number of aromatic amines is 1. The second-order valence-electron chi connectivity index (χ2n) is 7.05. The summed E-state index contributed by atoms with van der Waals surface area (Å²) in [5, 5.41) is 13.9. The lowest BCUT2D eigenvalue weighted by atomic mass is 10.1. The highest BCUT2D eigenvalue weighted by molar-refractivity contribution is 7.22. The lowest BCUT2D eigenvalue weighted by molar-refractivity contribution is 0.246. The molecule has 0 aliphatic rings. The van der Waals surface area contributed by atoms with Gasteiger partial charge in [0.15, 0.2) is 5.13 Å². The van der Waals surface area contributed by atoms with E-state index in [0.29, 0.717) is 11.3 Å². The maximum Gasteiger partial charge on any atom is 0.307 e. The van der Waals surface area contributed by atoms with Gasteiger partial charge in [-0.05, 0) is 44.5 Å². The topological polar surface area (TPSA) is 100 Å². The smallest absolute Gasteiger partial charge is 0.307 e. The highest BCUT2D eigenvalue weighted by atomic mass is 32.1. The standard InChI is InChI=1S/C21H22N4O3S2/c1-4-22-20-24-15-8-13(9-16(18(15)30-20)28-11(2)3)14-6-5-12(10-23-14)7-17-19(26)25-21(27)29-17/h5-6,8-11,26H,4,7H2,1-3H3,(H,22,24)(H,25,27). The lowest BCUT2D eigenvalue weighted by Gasteiger charge is -2.12. The number of nitrogens with zero attached hydrogens (tertiary/aromatic N) is 2. The van der Waals surface area contributed by atoms with Crippen LogP contribution >= 0.6 is 22.7 Å². The van der Waals surface area contributed by atoms with Crippen molar-refractivity contribution in [2.45, 2.75) is 33.3 Å². The lowest BCUT2D eigenvalue weighted by Crippen LogP contribution is -2.05. The molecule has 0 radical (unpaired) electrons. The maximum absolute atomic E-state index is 11.4. The molecule has 0 saturated heterocycles. The molecule has 0 unspecified atom stereocenters. The van der Waals surface area contributed by atoms with Crippen molar-refractivity contribution in [1.82, 2.24) is 15.0 Å². The molecule has 7 nitrogen and oxygen atoms in total. The van der Waals surface area contributed by atoms with Gasteiger partial charge in [-0.15, -0.1) is 0 Å². The quantitative estimate of drug-likeness (QED) is 0.386. The van der Waals surface area contributed by atoms with Crippen molar-refractivity contribution in [1.29, 1.82) is 0 Å². The van der Waals surface area contributed by atoms with Crippen LogP contribution in [0.4, 0.5) is 5.13 Å². The van der Waals surface area contributed by atoms with Crippen LogP contribution in [0.15, 0.2) is 35.3 Å². The van der Waals surface area contributed by atoms with Crippen LogP contribution in [0.25, 0.3) is 21.5 Å². The van der Waals surface area contributed by atoms with E-state index in [-0.39, 0.29) is 16.9 Å². The van der Waals surface area contributed by atoms with Crippen LogP contribution in [0.1, 0.15) is 31.2 Å². The summed E-state index contributed by atoms with van der Waals surface area (Å²) in [5.41, 5.74) is 3.51. The van der Waals surface area contributed by atoms with E-state index >= 15 is 0 Å². The highest BCUT2D eigenvalue weighted by Gasteiger charge is 2.14. The van der Waals surface area contributed by atoms with Crippen molar-refractivity contribution in [3.8, 4) is 22.9 Å². The van der Waals surface area contributed by atoms with Crippen LogP contribution < -0.4 is 14.9 Å². The fourth-order valence-corrected chi connectivity index (χ4v) is 4.80. The van der Waals surface area contributed by atoms with Crippen LogP contribution in [0, 0.1) is 0 Å². The normalized spacial score (nSPS) is 11.3. The molecular weight excluding hydrogens is 420 g/mol. The van der Waals surface area contributed by atoms with Crippen LogP contribution in [-0.4, -0.2) is 32.7 Å². The Morgan fingerprint density at radius 1 is 1.27 bits per heavy atom. The summed E-state index contributed by atoms with van der Waals surface area (Å²) < 4.78 is 7.07. The van der Waals surface area contributed by atoms with E-state index in [1.165, 1.54) is 0 Å². The molecule has 3 N–H and O–H groups in total. The Balaban J connectivity index is 1.67. The Morgan fingerprint density at radius 2 is 2.10 bits per heavy atom. The average Bonchev–Trinajstić information content (AvgIpc) is 3.24. The monoisotopic (exact) mass is 442 g/mol. The number of thiazole rings is 2. The molecular formula is C21H22N4O3S2. The van der Waals surface area contributed by atoms with Gasteiger partial charge in [0.25, 0.3) is 0 Å². The number of aromatic nitrogens is 3. The number of nitrogens with one attached hydrogen (secondary N) is 2. The minimum atomic E-state index is -0.266. The van der Waals surface area contributed by atoms with E-state index in [1.807, 2.05) is 45.0 Å². The Labute approximate surface area is 181 Å². The fraction of sp³-hybridized carbons (Fsp3) is 0.286. The summed E-state index contributed by atoms with van der Waals surface area (Å²) in [5.74, 6) is 0.724. The first-order valence-corrected chi connectivity index (χ1v) is 11.3. The highest BCUT2D eigenvalue weighted by Crippen LogP contribution is 2.38. The first-order chi connectivity index (χ1) is 14.4. The molecule has 0 atom stereocenters. The van der Waals surface area contributed by atoms with E-state index in [1.54, 1.807) is 17.5 Å². The van der Waals surface area contributed by atoms with Crippen molar-refractivity contribution in [3.63, 3.8) is 0 Å². The molecule has 0 spiro atoms. The van der Waals surface area contributed by atoms with Crippen LogP contribution in [0.5, 0.6) is 11.6 Å². The average molecular weight is 443 g/mol. The summed E-state index contributed by atoms with van der Waals surface area (Å²) in [6.07, 6.45) is 2.25. The first-order valence-electron chi connectivity index (χ1n) is 9.64. The van der Waals surface area contributed by atoms with Gasteiger partial charge in [0, 0.05) is 24.7 Å². The molecule has 4 aromatic rings. The second-order valence-corrected chi connectivity index (χ2v) is 9.12. The molecule has 0 aliphatic heterocycles. The Hall–Kier alpha value is -2.91. The van der Waals surface area contributed by atoms with Crippen molar-refractivity contribution in [2.75, 3.05) is 11.9 Å². The number of anilines is 1. The number of benzene rings is 1. The first kappa shape index (κ1) is 20.4. The molecule has 0 bridgehead atoms. The van der Waals surface area contributed by atoms with Gasteiger partial charge >= 0.3 is 4.87 Å². The van der Waals surface area contributed by atoms with Crippen molar-refractivity contribution in [3.05, 3.63) is 50.6 Å². The van der Waals surface area contributed by atoms with Gasteiger partial charge in [-0.25, -0.2) is 4.98 Å². The predicted molar refractivity (Wildman–Crippen MR) is 122 cm³/mol. The summed E-state index contributed by atoms with van der Waals surface area (Å²) in [6.45, 7) is 6.85. The number of H-pyrrole nitrogens is 1. The zero-order valence-corrected chi connectivity index (χ0v) is 18.5. The van der Waals surface area contributed by atoms with Crippen molar-refractivity contribution in [2.24, 2.45) is 0 Å². The van der Waals surface area contributed by atoms with Gasteiger partial charge in [-0.3, -0.25) is 14.8 Å². The summed E-state index contributed by atoms with van der Waals surface area (Å²) in [7, 11) is 0. The third-order valence-electron chi connectivity index (χ3n) is 4.33. The maximum atomic E-state index is 11.4. The largest absolute Gasteiger partial charge is 0.494 e. The van der Waals surface area contributed by atoms with Gasteiger partial charge in [0.1, 0.15) is 5.75 Å². The van der Waals surface area contributed by atoms with Gasteiger partial charge in [0.2, 0.25) is 5.88 Å². The molecule has 9 heteroatoms. The molecule has 1 aromatic carbocycles. The third kappa shape index (κ3) is 4.31. The zero-order chi connectivity index (χ0) is 21.3. The molecule has 3 aromatic heterocycles. The van der Waals surface area contributed by atoms with Crippen LogP contribution in [-0.2, 0) is 6.42 Å². The molecule has 156 valence electrons. The van der Waals surface area contributed by atoms with Crippen LogP contribution in [0.3, 0.4) is 0 Å². The Bertz CT molecular complexity index is 1230. The number of pyridine rings is 1. The van der Waals surface area contributed by atoms with Crippen LogP contribution in [0.2, 0.25) is 0 Å². The van der Waals surface area contributed by atoms with E-state index in [4.69, 9.17) is 4.74 Å². The predicted octanol–water partition coefficient (Wildman–Crippen LogP) is 4.62. The minimum absolute atomic E-state index is 0.0460. The van der Waals surface area contributed by atoms with Crippen molar-refractivity contribution >= 4 is 38.0 Å². The number of hydrogen-bond acceptors (Lipinski definition) is 8. The molecule has 4 rings (SSSR count). The van der Waals surface area contributed by atoms with Gasteiger partial charge in [-0.1, -0.05) is 28.7 Å². The second kappa shape index (κ2) is 8.45. The zero-order valence-electron chi connectivity index (χ0n) is 16.9. The SMILES string of the molecule is CCNc1nc2cc(-c3ccc(Cc4sc(=O)[nH]c4O)cn3)cc(OC(C)C)c2s1. The number of ether oxygens (including phenoxy) is 1. The molecule has 30 heavy (non-hydrogen) atoms. The van der Waals surface area contributed by atoms with E-state index in [0.717, 1.165) is 55.8 Å². The van der Waals surface area contributed by atoms with Gasteiger partial charge in [-0.2, -0.15) is 0 Å². The Morgan fingerprint density at radius 3 is 2.73 bits per heavy atom. The third-order valence-corrected chi connectivity index (χ3v) is 6.25. The summed E-state index contributed by atoms with van der Waals surface area (Å²) in [4.78, 5) is 23.4.